The first-order valence-electron chi connectivity index (χ1n) is 7.99. The second kappa shape index (κ2) is 9.03. The Kier molecular flexibility index (Phi) is 6.75. The minimum Gasteiger partial charge on any atom is -0.496 e. The summed E-state index contributed by atoms with van der Waals surface area (Å²) in [7, 11) is 1.36. The van der Waals surface area contributed by atoms with Gasteiger partial charge in [0.05, 0.1) is 24.7 Å². The van der Waals surface area contributed by atoms with Crippen molar-refractivity contribution >= 4 is 17.8 Å². The molecule has 2 aromatic rings. The van der Waals surface area contributed by atoms with Crippen LogP contribution in [0, 0.1) is 0 Å². The molecule has 0 saturated carbocycles. The number of halogens is 3. The van der Waals surface area contributed by atoms with Crippen molar-refractivity contribution in [1.29, 1.82) is 0 Å². The molecule has 0 unspecified atom stereocenters. The molecule has 0 aliphatic carbocycles. The lowest BCUT2D eigenvalue weighted by Crippen LogP contribution is -2.34. The van der Waals surface area contributed by atoms with E-state index >= 15 is 0 Å². The van der Waals surface area contributed by atoms with Gasteiger partial charge in [-0.2, -0.15) is 13.2 Å². The Bertz CT molecular complexity index is 880. The number of imide groups is 1. The predicted molar refractivity (Wildman–Crippen MR) is 91.6 cm³/mol. The molecular formula is C19H16F3NO5. The van der Waals surface area contributed by atoms with Crippen molar-refractivity contribution in [3.05, 3.63) is 65.2 Å². The topological polar surface area (TPSA) is 81.7 Å². The molecule has 0 fully saturated rings. The van der Waals surface area contributed by atoms with Crippen molar-refractivity contribution in [1.82, 2.24) is 5.32 Å². The summed E-state index contributed by atoms with van der Waals surface area (Å²) in [5.41, 5.74) is -0.683. The second-order valence-corrected chi connectivity index (χ2v) is 5.61. The number of carbonyl (C=O) groups excluding carboxylic acids is 3. The molecule has 9 heteroatoms. The first-order chi connectivity index (χ1) is 13.2. The Hall–Kier alpha value is -3.36. The van der Waals surface area contributed by atoms with Gasteiger partial charge in [0.25, 0.3) is 11.8 Å². The Balaban J connectivity index is 1.87. The molecule has 2 rings (SSSR count). The van der Waals surface area contributed by atoms with Crippen LogP contribution in [-0.4, -0.2) is 31.5 Å². The maximum atomic E-state index is 12.7. The van der Waals surface area contributed by atoms with E-state index in [9.17, 15) is 27.6 Å². The van der Waals surface area contributed by atoms with Gasteiger partial charge in [-0.3, -0.25) is 19.7 Å². The van der Waals surface area contributed by atoms with Crippen LogP contribution in [-0.2, 0) is 26.9 Å². The number of carbonyl (C=O) groups is 3. The van der Waals surface area contributed by atoms with Gasteiger partial charge in [0.15, 0.2) is 6.61 Å². The summed E-state index contributed by atoms with van der Waals surface area (Å²) in [6.45, 7) is -0.751. The highest BCUT2D eigenvalue weighted by Gasteiger charge is 2.30. The van der Waals surface area contributed by atoms with Gasteiger partial charge in [0.2, 0.25) is 0 Å². The summed E-state index contributed by atoms with van der Waals surface area (Å²) in [5.74, 6) is -2.27. The van der Waals surface area contributed by atoms with Crippen LogP contribution in [0.5, 0.6) is 5.75 Å². The Morgan fingerprint density at radius 1 is 1.04 bits per heavy atom. The average Bonchev–Trinajstić information content (AvgIpc) is 2.66. The van der Waals surface area contributed by atoms with Crippen LogP contribution in [0.3, 0.4) is 0 Å². The van der Waals surface area contributed by atoms with Crippen LogP contribution < -0.4 is 10.1 Å². The van der Waals surface area contributed by atoms with Crippen molar-refractivity contribution in [3.63, 3.8) is 0 Å². The van der Waals surface area contributed by atoms with Crippen LogP contribution in [0.15, 0.2) is 48.5 Å². The van der Waals surface area contributed by atoms with Gasteiger partial charge >= 0.3 is 12.1 Å². The van der Waals surface area contributed by atoms with E-state index < -0.39 is 42.6 Å². The average molecular weight is 395 g/mol. The van der Waals surface area contributed by atoms with Gasteiger partial charge in [0.1, 0.15) is 5.75 Å². The van der Waals surface area contributed by atoms with Gasteiger partial charge in [-0.15, -0.1) is 0 Å². The number of esters is 1. The van der Waals surface area contributed by atoms with Crippen molar-refractivity contribution in [2.45, 2.75) is 12.6 Å². The molecular weight excluding hydrogens is 379 g/mol. The van der Waals surface area contributed by atoms with Crippen molar-refractivity contribution in [3.8, 4) is 5.75 Å². The molecule has 0 saturated heterocycles. The predicted octanol–water partition coefficient (Wildman–Crippen LogP) is 2.76. The molecule has 0 spiro atoms. The molecule has 0 radical (unpaired) electrons. The highest BCUT2D eigenvalue weighted by atomic mass is 19.4. The molecule has 28 heavy (non-hydrogen) atoms. The molecule has 0 atom stereocenters. The van der Waals surface area contributed by atoms with Gasteiger partial charge < -0.3 is 9.47 Å². The number of hydrogen-bond donors (Lipinski definition) is 1. The highest BCUT2D eigenvalue weighted by molar-refractivity contribution is 6.06. The van der Waals surface area contributed by atoms with Gasteiger partial charge in [-0.1, -0.05) is 30.3 Å². The number of ether oxygens (including phenoxy) is 2. The van der Waals surface area contributed by atoms with E-state index in [1.165, 1.54) is 31.4 Å². The normalized spacial score (nSPS) is 10.9. The molecule has 0 bridgehead atoms. The first-order valence-corrected chi connectivity index (χ1v) is 7.99. The Morgan fingerprint density at radius 3 is 2.43 bits per heavy atom. The smallest absolute Gasteiger partial charge is 0.416 e. The number of para-hydroxylation sites is 1. The van der Waals surface area contributed by atoms with Crippen molar-refractivity contribution in [2.24, 2.45) is 0 Å². The van der Waals surface area contributed by atoms with E-state index in [1.54, 1.807) is 12.1 Å². The van der Waals surface area contributed by atoms with Crippen LogP contribution >= 0.6 is 0 Å². The van der Waals surface area contributed by atoms with Crippen molar-refractivity contribution < 1.29 is 37.0 Å². The highest BCUT2D eigenvalue weighted by Crippen LogP contribution is 2.29. The molecule has 0 aliphatic rings. The van der Waals surface area contributed by atoms with Crippen molar-refractivity contribution in [2.75, 3.05) is 13.7 Å². The largest absolute Gasteiger partial charge is 0.496 e. The first kappa shape index (κ1) is 20.9. The number of alkyl halides is 3. The van der Waals surface area contributed by atoms with E-state index in [1.807, 2.05) is 5.32 Å². The monoisotopic (exact) mass is 395 g/mol. The summed E-state index contributed by atoms with van der Waals surface area (Å²) in [6, 6.07) is 10.4. The molecule has 1 N–H and O–H groups in total. The Morgan fingerprint density at radius 2 is 1.75 bits per heavy atom. The van der Waals surface area contributed by atoms with E-state index in [4.69, 9.17) is 9.47 Å². The van der Waals surface area contributed by atoms with Gasteiger partial charge in [0, 0.05) is 0 Å². The third kappa shape index (κ3) is 5.83. The number of methoxy groups -OCH3 is 1. The van der Waals surface area contributed by atoms with E-state index in [0.29, 0.717) is 0 Å². The summed E-state index contributed by atoms with van der Waals surface area (Å²) in [4.78, 5) is 35.6. The molecule has 6 nitrogen and oxygen atoms in total. The second-order valence-electron chi connectivity index (χ2n) is 5.61. The maximum absolute atomic E-state index is 12.7. The lowest BCUT2D eigenvalue weighted by atomic mass is 10.1. The standard InChI is InChI=1S/C19H16F3NO5/c1-27-15-8-3-2-7-14(15)18(26)23-16(24)11-28-17(25)10-12-5-4-6-13(9-12)19(20,21)22/h2-9H,10-11H2,1H3,(H,23,24,26). The summed E-state index contributed by atoms with van der Waals surface area (Å²) in [6.07, 6.45) is -4.98. The van der Waals surface area contributed by atoms with Crippen LogP contribution in [0.1, 0.15) is 21.5 Å². The summed E-state index contributed by atoms with van der Waals surface area (Å²) in [5, 5.41) is 2.04. The number of nitrogens with one attached hydrogen (secondary N) is 1. The zero-order chi connectivity index (χ0) is 20.7. The molecule has 0 aliphatic heterocycles. The van der Waals surface area contributed by atoms with Crippen LogP contribution in [0.4, 0.5) is 13.2 Å². The zero-order valence-corrected chi connectivity index (χ0v) is 14.7. The molecule has 148 valence electrons. The Labute approximate surface area is 158 Å². The summed E-state index contributed by atoms with van der Waals surface area (Å²) >= 11 is 0. The summed E-state index contributed by atoms with van der Waals surface area (Å²) < 4.78 is 47.7. The maximum Gasteiger partial charge on any atom is 0.416 e. The van der Waals surface area contributed by atoms with Gasteiger partial charge in [-0.05, 0) is 23.8 Å². The molecule has 2 aromatic carbocycles. The lowest BCUT2D eigenvalue weighted by molar-refractivity contribution is -0.147. The fraction of sp³-hybridized carbons (Fsp3) is 0.211. The number of rotatable bonds is 6. The minimum atomic E-state index is -4.53. The zero-order valence-electron chi connectivity index (χ0n) is 14.7. The fourth-order valence-corrected chi connectivity index (χ4v) is 2.28. The minimum absolute atomic E-state index is 0.0883. The lowest BCUT2D eigenvalue weighted by Gasteiger charge is -2.10. The number of amides is 2. The third-order valence-corrected chi connectivity index (χ3v) is 3.57. The van der Waals surface area contributed by atoms with Gasteiger partial charge in [-0.25, -0.2) is 0 Å². The van der Waals surface area contributed by atoms with Crippen LogP contribution in [0.25, 0.3) is 0 Å². The molecule has 2 amide bonds. The fourth-order valence-electron chi connectivity index (χ4n) is 2.28. The quantitative estimate of drug-likeness (QED) is 0.761. The van der Waals surface area contributed by atoms with E-state index in [0.717, 1.165) is 12.1 Å². The number of benzene rings is 2. The number of hydrogen-bond acceptors (Lipinski definition) is 5. The third-order valence-electron chi connectivity index (χ3n) is 3.57. The van der Waals surface area contributed by atoms with Crippen LogP contribution in [0.2, 0.25) is 0 Å². The molecule has 0 heterocycles. The SMILES string of the molecule is COc1ccccc1C(=O)NC(=O)COC(=O)Cc1cccc(C(F)(F)F)c1. The van der Waals surface area contributed by atoms with E-state index in [-0.39, 0.29) is 16.9 Å². The van der Waals surface area contributed by atoms with E-state index in [2.05, 4.69) is 0 Å². The molecule has 0 aromatic heterocycles.